The van der Waals surface area contributed by atoms with Gasteiger partial charge in [0, 0.05) is 10.6 Å². The number of fused-ring (bicyclic) bond motifs is 1. The molecule has 3 heterocycles. The van der Waals surface area contributed by atoms with Crippen molar-refractivity contribution in [3.8, 4) is 23.6 Å². The van der Waals surface area contributed by atoms with Crippen LogP contribution < -0.4 is 0 Å². The van der Waals surface area contributed by atoms with Crippen LogP contribution in [-0.4, -0.2) is 59.3 Å². The predicted octanol–water partition coefficient (Wildman–Crippen LogP) is 0.762. The van der Waals surface area contributed by atoms with Crippen molar-refractivity contribution >= 4 is 22.8 Å². The summed E-state index contributed by atoms with van der Waals surface area (Å²) in [5.74, 6) is 2.12. The molecular weight excluding hydrogens is 372 g/mol. The van der Waals surface area contributed by atoms with Crippen molar-refractivity contribution in [2.24, 2.45) is 0 Å². The lowest BCUT2D eigenvalue weighted by atomic mass is 9.93. The van der Waals surface area contributed by atoms with Crippen LogP contribution in [0.4, 0.5) is 0 Å². The highest BCUT2D eigenvalue weighted by Gasteiger charge is 2.55. The minimum absolute atomic E-state index is 0.386. The third kappa shape index (κ3) is 2.68. The van der Waals surface area contributed by atoms with Gasteiger partial charge in [0.15, 0.2) is 17.5 Å². The fourth-order valence-corrected chi connectivity index (χ4v) is 3.32. The number of nitrogens with zero attached hydrogens (tertiary/aromatic N) is 4. The maximum atomic E-state index is 10.5. The minimum atomic E-state index is -2.03. The van der Waals surface area contributed by atoms with Gasteiger partial charge in [-0.3, -0.25) is 4.57 Å². The number of halogens is 1. The first-order valence-electron chi connectivity index (χ1n) is 8.07. The van der Waals surface area contributed by atoms with Gasteiger partial charge in [0.1, 0.15) is 29.7 Å². The summed E-state index contributed by atoms with van der Waals surface area (Å²) in [6.07, 6.45) is 4.45. The van der Waals surface area contributed by atoms with Crippen molar-refractivity contribution in [2.45, 2.75) is 24.0 Å². The van der Waals surface area contributed by atoms with Gasteiger partial charge < -0.3 is 20.1 Å². The maximum absolute atomic E-state index is 10.5. The molecule has 2 aromatic heterocycles. The van der Waals surface area contributed by atoms with Crippen molar-refractivity contribution in [3.05, 3.63) is 41.9 Å². The number of aliphatic hydroxyl groups is 3. The first-order chi connectivity index (χ1) is 13.0. The van der Waals surface area contributed by atoms with E-state index in [1.807, 2.05) is 12.1 Å². The van der Waals surface area contributed by atoms with Crippen molar-refractivity contribution in [1.82, 2.24) is 19.5 Å². The molecule has 27 heavy (non-hydrogen) atoms. The molecule has 4 rings (SSSR count). The molecule has 1 aromatic carbocycles. The average Bonchev–Trinajstić information content (AvgIpc) is 3.22. The fraction of sp³-hybridized carbons (Fsp3) is 0.278. The lowest BCUT2D eigenvalue weighted by Crippen LogP contribution is -2.47. The lowest BCUT2D eigenvalue weighted by molar-refractivity contribution is -0.0605. The number of imidazole rings is 1. The summed E-state index contributed by atoms with van der Waals surface area (Å²) in [6, 6.07) is 7.10. The highest BCUT2D eigenvalue weighted by atomic mass is 35.5. The van der Waals surface area contributed by atoms with Gasteiger partial charge in [0.05, 0.1) is 12.9 Å². The molecule has 8 nitrogen and oxygen atoms in total. The molecule has 1 saturated heterocycles. The van der Waals surface area contributed by atoms with Gasteiger partial charge in [-0.2, -0.15) is 0 Å². The molecule has 0 bridgehead atoms. The van der Waals surface area contributed by atoms with Gasteiger partial charge in [0.2, 0.25) is 0 Å². The van der Waals surface area contributed by atoms with E-state index in [4.69, 9.17) is 22.8 Å². The van der Waals surface area contributed by atoms with Crippen LogP contribution in [0.5, 0.6) is 0 Å². The van der Waals surface area contributed by atoms with Crippen LogP contribution in [0.3, 0.4) is 0 Å². The maximum Gasteiger partial charge on any atom is 0.183 e. The average molecular weight is 387 g/mol. The Morgan fingerprint density at radius 2 is 2.00 bits per heavy atom. The first kappa shape index (κ1) is 17.9. The smallest absolute Gasteiger partial charge is 0.183 e. The SMILES string of the molecule is C#C[C@@]1(O)[C@@H](CO)O[C@@H](n2cnc3c(-c4ccc(Cl)cc4)ncnc32)[C@@H]1O. The molecule has 9 heteroatoms. The van der Waals surface area contributed by atoms with Crippen LogP contribution in [0.2, 0.25) is 5.02 Å². The summed E-state index contributed by atoms with van der Waals surface area (Å²) in [7, 11) is 0. The normalized spacial score (nSPS) is 27.7. The van der Waals surface area contributed by atoms with Crippen molar-refractivity contribution < 1.29 is 20.1 Å². The Morgan fingerprint density at radius 1 is 1.26 bits per heavy atom. The highest BCUT2D eigenvalue weighted by Crippen LogP contribution is 2.38. The van der Waals surface area contributed by atoms with E-state index in [0.717, 1.165) is 5.56 Å². The Kier molecular flexibility index (Phi) is 4.34. The summed E-state index contributed by atoms with van der Waals surface area (Å²) in [4.78, 5) is 12.9. The number of hydrogen-bond acceptors (Lipinski definition) is 7. The summed E-state index contributed by atoms with van der Waals surface area (Å²) in [6.45, 7) is -0.550. The van der Waals surface area contributed by atoms with E-state index in [2.05, 4.69) is 20.9 Å². The van der Waals surface area contributed by atoms with E-state index in [0.29, 0.717) is 21.9 Å². The van der Waals surface area contributed by atoms with Crippen LogP contribution >= 0.6 is 11.6 Å². The second kappa shape index (κ2) is 6.56. The molecule has 3 N–H and O–H groups in total. The number of terminal acetylenes is 1. The van der Waals surface area contributed by atoms with E-state index < -0.39 is 30.6 Å². The summed E-state index contributed by atoms with van der Waals surface area (Å²) in [5, 5.41) is 31.0. The Bertz CT molecular complexity index is 1030. The second-order valence-electron chi connectivity index (χ2n) is 6.17. The number of benzene rings is 1. The number of ether oxygens (including phenoxy) is 1. The van der Waals surface area contributed by atoms with Crippen LogP contribution in [0, 0.1) is 12.3 Å². The molecule has 4 atom stereocenters. The Labute approximate surface area is 159 Å². The Hall–Kier alpha value is -2.54. The van der Waals surface area contributed by atoms with Gasteiger partial charge in [-0.05, 0) is 12.1 Å². The molecular formula is C18H15ClN4O4. The van der Waals surface area contributed by atoms with E-state index in [9.17, 15) is 15.3 Å². The zero-order valence-corrected chi connectivity index (χ0v) is 14.7. The standard InChI is InChI=1S/C18H15ClN4O4/c1-2-18(26)12(7-24)27-17(15(18)25)23-9-22-14-13(20-8-21-16(14)23)10-3-5-11(19)6-4-10/h1,3-6,8-9,12,15,17,24-26H,7H2/t12-,15+,17-,18-/m1/s1. The van der Waals surface area contributed by atoms with E-state index in [-0.39, 0.29) is 0 Å². The van der Waals surface area contributed by atoms with Gasteiger partial charge in [0.25, 0.3) is 0 Å². The molecule has 0 unspecified atom stereocenters. The molecule has 3 aromatic rings. The van der Waals surface area contributed by atoms with Crippen molar-refractivity contribution in [3.63, 3.8) is 0 Å². The van der Waals surface area contributed by atoms with Gasteiger partial charge in [-0.1, -0.05) is 29.7 Å². The molecule has 0 aliphatic carbocycles. The van der Waals surface area contributed by atoms with Gasteiger partial charge >= 0.3 is 0 Å². The van der Waals surface area contributed by atoms with Crippen LogP contribution in [0.25, 0.3) is 22.4 Å². The largest absolute Gasteiger partial charge is 0.394 e. The molecule has 1 aliphatic rings. The zero-order chi connectivity index (χ0) is 19.2. The van der Waals surface area contributed by atoms with E-state index >= 15 is 0 Å². The summed E-state index contributed by atoms with van der Waals surface area (Å²) < 4.78 is 7.05. The molecule has 0 radical (unpaired) electrons. The second-order valence-corrected chi connectivity index (χ2v) is 6.60. The molecule has 1 aliphatic heterocycles. The van der Waals surface area contributed by atoms with Crippen molar-refractivity contribution in [2.75, 3.05) is 6.61 Å². The quantitative estimate of drug-likeness (QED) is 0.569. The summed E-state index contributed by atoms with van der Waals surface area (Å²) >= 11 is 5.93. The minimum Gasteiger partial charge on any atom is -0.394 e. The van der Waals surface area contributed by atoms with Crippen LogP contribution in [0.15, 0.2) is 36.9 Å². The Morgan fingerprint density at radius 3 is 2.63 bits per heavy atom. The molecule has 138 valence electrons. The number of aliphatic hydroxyl groups excluding tert-OH is 2. The van der Waals surface area contributed by atoms with Gasteiger partial charge in [-0.25, -0.2) is 15.0 Å². The van der Waals surface area contributed by atoms with E-state index in [1.165, 1.54) is 17.2 Å². The third-order valence-electron chi connectivity index (χ3n) is 4.66. The van der Waals surface area contributed by atoms with Crippen LogP contribution in [-0.2, 0) is 4.74 Å². The Balaban J connectivity index is 1.80. The number of rotatable bonds is 3. The third-order valence-corrected chi connectivity index (χ3v) is 4.92. The fourth-order valence-electron chi connectivity index (χ4n) is 3.19. The predicted molar refractivity (Wildman–Crippen MR) is 96.6 cm³/mol. The van der Waals surface area contributed by atoms with Crippen LogP contribution in [0.1, 0.15) is 6.23 Å². The lowest BCUT2D eigenvalue weighted by Gasteiger charge is -2.23. The molecule has 1 fully saturated rings. The first-order valence-corrected chi connectivity index (χ1v) is 8.45. The zero-order valence-electron chi connectivity index (χ0n) is 13.9. The molecule has 0 spiro atoms. The highest BCUT2D eigenvalue weighted by molar-refractivity contribution is 6.30. The monoisotopic (exact) mass is 386 g/mol. The number of hydrogen-bond donors (Lipinski definition) is 3. The summed E-state index contributed by atoms with van der Waals surface area (Å²) in [5.41, 5.74) is 0.207. The van der Waals surface area contributed by atoms with Crippen molar-refractivity contribution in [1.29, 1.82) is 0 Å². The molecule has 0 amide bonds. The number of aromatic nitrogens is 4. The van der Waals surface area contributed by atoms with Gasteiger partial charge in [-0.15, -0.1) is 6.42 Å². The molecule has 0 saturated carbocycles. The van der Waals surface area contributed by atoms with E-state index in [1.54, 1.807) is 12.1 Å². The topological polar surface area (TPSA) is 114 Å².